The minimum absolute atomic E-state index is 0.0588. The Bertz CT molecular complexity index is 1560. The second-order valence-electron chi connectivity index (χ2n) is 10.2. The Morgan fingerprint density at radius 1 is 1.20 bits per heavy atom. The number of rotatable bonds is 11. The van der Waals surface area contributed by atoms with E-state index in [1.165, 1.54) is 0 Å². The third-order valence-corrected chi connectivity index (χ3v) is 9.72. The average Bonchev–Trinajstić information content (AvgIpc) is 3.78. The topological polar surface area (TPSA) is 164 Å². The zero-order valence-electron chi connectivity index (χ0n) is 24.4. The quantitative estimate of drug-likeness (QED) is 0.0962. The number of thioether (sulfide) groups is 2. The molecule has 45 heavy (non-hydrogen) atoms. The van der Waals surface area contributed by atoms with Crippen LogP contribution >= 0.6 is 35.1 Å². The molecule has 0 saturated carbocycles. The summed E-state index contributed by atoms with van der Waals surface area (Å²) in [5, 5.41) is 23.1. The van der Waals surface area contributed by atoms with Gasteiger partial charge < -0.3 is 31.3 Å². The maximum absolute atomic E-state index is 11.5. The van der Waals surface area contributed by atoms with E-state index >= 15 is 0 Å². The summed E-state index contributed by atoms with van der Waals surface area (Å²) >= 11 is 9.46. The number of aliphatic imine (C=N–C) groups is 1. The number of esters is 1. The Hall–Kier alpha value is -4.12. The second kappa shape index (κ2) is 15.7. The fourth-order valence-electron chi connectivity index (χ4n) is 5.11. The van der Waals surface area contributed by atoms with Gasteiger partial charge in [0.25, 0.3) is 0 Å². The number of amidine groups is 1. The standard InChI is InChI=1S/C31H33ClN8O3S2/c32-22-7-3-21(4-8-22)30-37-23(18-44-30)19-45-31-26(16-34)28(25(15-33)29(38-31)40-11-1-2-12-40)20-5-9-24(10-6-20)42-13-14-43-27(41)17-36-39-35/h3-10,16,18,30-31,37H,1-2,11-14,17,19,34H2,(H2,35,36). The highest BCUT2D eigenvalue weighted by Crippen LogP contribution is 2.42. The maximum Gasteiger partial charge on any atom is 0.329 e. The molecule has 3 aliphatic rings. The molecule has 1 fully saturated rings. The van der Waals surface area contributed by atoms with Crippen LogP contribution in [0.3, 0.4) is 0 Å². The van der Waals surface area contributed by atoms with E-state index in [9.17, 15) is 10.1 Å². The molecule has 0 amide bonds. The van der Waals surface area contributed by atoms with Gasteiger partial charge in [-0.1, -0.05) is 41.1 Å². The van der Waals surface area contributed by atoms with Crippen molar-refractivity contribution in [1.82, 2.24) is 10.2 Å². The minimum Gasteiger partial charge on any atom is -0.490 e. The highest BCUT2D eigenvalue weighted by atomic mass is 35.5. The maximum atomic E-state index is 11.5. The van der Waals surface area contributed by atoms with Crippen LogP contribution in [0.15, 0.2) is 92.3 Å². The van der Waals surface area contributed by atoms with Crippen molar-refractivity contribution in [1.29, 1.82) is 5.26 Å². The Kier molecular flexibility index (Phi) is 11.3. The van der Waals surface area contributed by atoms with Crippen molar-refractivity contribution >= 4 is 52.5 Å². The van der Waals surface area contributed by atoms with E-state index in [1.54, 1.807) is 29.7 Å². The van der Waals surface area contributed by atoms with E-state index in [-0.39, 0.29) is 30.5 Å². The fourth-order valence-corrected chi connectivity index (χ4v) is 7.38. The molecule has 5 rings (SSSR count). The molecule has 1 saturated heterocycles. The second-order valence-corrected chi connectivity index (χ2v) is 12.6. The normalized spacial score (nSPS) is 20.6. The molecule has 2 aromatic carbocycles. The number of carbonyl (C=O) groups excluding carboxylic acids is 1. The van der Waals surface area contributed by atoms with Crippen molar-refractivity contribution in [3.8, 4) is 11.8 Å². The molecule has 0 bridgehead atoms. The summed E-state index contributed by atoms with van der Waals surface area (Å²) in [6.45, 7) is 1.70. The van der Waals surface area contributed by atoms with Gasteiger partial charge in [-0.05, 0) is 53.6 Å². The van der Waals surface area contributed by atoms with E-state index in [0.29, 0.717) is 27.9 Å². The number of dihydropyridines is 1. The molecular weight excluding hydrogens is 632 g/mol. The van der Waals surface area contributed by atoms with Crippen molar-refractivity contribution in [3.05, 3.63) is 93.1 Å². The van der Waals surface area contributed by atoms with Gasteiger partial charge in [0.05, 0.1) is 0 Å². The van der Waals surface area contributed by atoms with E-state index in [1.807, 2.05) is 48.5 Å². The van der Waals surface area contributed by atoms with Gasteiger partial charge in [0.2, 0.25) is 0 Å². The molecule has 0 aliphatic carbocycles. The first kappa shape index (κ1) is 32.3. The van der Waals surface area contributed by atoms with Gasteiger partial charge in [-0.25, -0.2) is 9.79 Å². The molecule has 234 valence electrons. The zero-order valence-corrected chi connectivity index (χ0v) is 26.8. The first-order valence-corrected chi connectivity index (χ1v) is 16.7. The van der Waals surface area contributed by atoms with E-state index in [0.717, 1.165) is 53.9 Å². The molecule has 0 aromatic heterocycles. The number of likely N-dealkylation sites (tertiary alicyclic amines) is 1. The van der Waals surface area contributed by atoms with Crippen LogP contribution in [-0.4, -0.2) is 60.7 Å². The molecule has 0 radical (unpaired) electrons. The Morgan fingerprint density at radius 2 is 1.96 bits per heavy atom. The van der Waals surface area contributed by atoms with Gasteiger partial charge in [0, 0.05) is 46.9 Å². The van der Waals surface area contributed by atoms with Crippen LogP contribution in [-0.2, 0) is 9.53 Å². The number of hydrogen-bond donors (Lipinski definition) is 3. The fraction of sp³-hybridized carbons (Fsp3) is 0.323. The number of benzene rings is 2. The molecule has 2 atom stereocenters. The first-order valence-electron chi connectivity index (χ1n) is 14.3. The van der Waals surface area contributed by atoms with Crippen LogP contribution in [0, 0.1) is 11.3 Å². The van der Waals surface area contributed by atoms with Crippen LogP contribution in [0.5, 0.6) is 5.75 Å². The van der Waals surface area contributed by atoms with Crippen LogP contribution < -0.4 is 21.6 Å². The summed E-state index contributed by atoms with van der Waals surface area (Å²) in [5.41, 5.74) is 11.4. The van der Waals surface area contributed by atoms with E-state index in [4.69, 9.17) is 37.6 Å². The lowest BCUT2D eigenvalue weighted by molar-refractivity contribution is -0.142. The number of nitrogens with two attached hydrogens (primary N) is 2. The van der Waals surface area contributed by atoms with Crippen molar-refractivity contribution in [2.45, 2.75) is 23.6 Å². The number of halogens is 1. The third-order valence-electron chi connectivity index (χ3n) is 7.24. The molecule has 5 N–H and O–H groups in total. The van der Waals surface area contributed by atoms with Crippen LogP contribution in [0.4, 0.5) is 0 Å². The lowest BCUT2D eigenvalue weighted by Crippen LogP contribution is -2.34. The van der Waals surface area contributed by atoms with Gasteiger partial charge >= 0.3 is 5.97 Å². The summed E-state index contributed by atoms with van der Waals surface area (Å²) in [6.07, 6.45) is 3.69. The lowest BCUT2D eigenvalue weighted by Gasteiger charge is -2.30. The van der Waals surface area contributed by atoms with Crippen molar-refractivity contribution in [2.24, 2.45) is 26.9 Å². The SMILES string of the molecule is N#CC1=C(c2ccc(OCCOC(=O)CN=NN)cc2)C(=CN)C(SCC2=CSC(c3ccc(Cl)cc3)N2)N=C1N1CCCC1. The molecule has 14 heteroatoms. The summed E-state index contributed by atoms with van der Waals surface area (Å²) in [7, 11) is 0. The van der Waals surface area contributed by atoms with Crippen LogP contribution in [0.1, 0.15) is 29.3 Å². The van der Waals surface area contributed by atoms with Crippen LogP contribution in [0.2, 0.25) is 5.02 Å². The molecule has 0 spiro atoms. The highest BCUT2D eigenvalue weighted by Gasteiger charge is 2.33. The van der Waals surface area contributed by atoms with Crippen molar-refractivity contribution < 1.29 is 14.3 Å². The first-order chi connectivity index (χ1) is 22.0. The number of ether oxygens (including phenoxy) is 2. The molecule has 11 nitrogen and oxygen atoms in total. The smallest absolute Gasteiger partial charge is 0.329 e. The Labute approximate surface area is 275 Å². The minimum atomic E-state index is -0.541. The van der Waals surface area contributed by atoms with Crippen molar-refractivity contribution in [3.63, 3.8) is 0 Å². The predicted molar refractivity (Wildman–Crippen MR) is 179 cm³/mol. The summed E-state index contributed by atoms with van der Waals surface area (Å²) in [6, 6.07) is 17.7. The van der Waals surface area contributed by atoms with Gasteiger partial charge in [-0.3, -0.25) is 0 Å². The predicted octanol–water partition coefficient (Wildman–Crippen LogP) is 5.15. The Balaban J connectivity index is 1.30. The van der Waals surface area contributed by atoms with Gasteiger partial charge in [-0.15, -0.1) is 23.5 Å². The van der Waals surface area contributed by atoms with E-state index in [2.05, 4.69) is 32.0 Å². The summed E-state index contributed by atoms with van der Waals surface area (Å²) in [5.74, 6) is 6.36. The number of nitrogens with zero attached hydrogens (tertiary/aromatic N) is 5. The molecule has 2 unspecified atom stereocenters. The lowest BCUT2D eigenvalue weighted by atomic mass is 9.90. The van der Waals surface area contributed by atoms with Gasteiger partial charge in [0.1, 0.15) is 47.2 Å². The largest absolute Gasteiger partial charge is 0.490 e. The number of nitriles is 1. The zero-order chi connectivity index (χ0) is 31.6. The molecular formula is C31H33ClN8O3S2. The molecule has 3 heterocycles. The number of carbonyl (C=O) groups is 1. The molecule has 2 aromatic rings. The highest BCUT2D eigenvalue weighted by molar-refractivity contribution is 8.03. The van der Waals surface area contributed by atoms with E-state index < -0.39 is 5.97 Å². The summed E-state index contributed by atoms with van der Waals surface area (Å²) in [4.78, 5) is 18.9. The van der Waals surface area contributed by atoms with Gasteiger partial charge in [0.15, 0.2) is 6.54 Å². The average molecular weight is 665 g/mol. The summed E-state index contributed by atoms with van der Waals surface area (Å²) < 4.78 is 10.8. The number of hydrogen-bond acceptors (Lipinski definition) is 12. The number of nitrogens with one attached hydrogen (secondary N) is 1. The monoisotopic (exact) mass is 664 g/mol. The van der Waals surface area contributed by atoms with Crippen molar-refractivity contribution in [2.75, 3.05) is 38.6 Å². The van der Waals surface area contributed by atoms with Gasteiger partial charge in [-0.2, -0.15) is 10.4 Å². The Morgan fingerprint density at radius 3 is 2.64 bits per heavy atom. The molecule has 3 aliphatic heterocycles. The van der Waals surface area contributed by atoms with Crippen LogP contribution in [0.25, 0.3) is 5.57 Å². The third kappa shape index (κ3) is 8.13.